The molecule has 0 saturated carbocycles. The Kier molecular flexibility index (Phi) is 6.59. The van der Waals surface area contributed by atoms with Crippen molar-refractivity contribution in [1.29, 1.82) is 0 Å². The van der Waals surface area contributed by atoms with Crippen LogP contribution in [0.15, 0.2) is 42.5 Å². The van der Waals surface area contributed by atoms with Gasteiger partial charge in [0.25, 0.3) is 5.91 Å². The normalized spacial score (nSPS) is 15.3. The van der Waals surface area contributed by atoms with E-state index in [1.54, 1.807) is 20.3 Å². The van der Waals surface area contributed by atoms with E-state index in [0.29, 0.717) is 42.3 Å². The van der Waals surface area contributed by atoms with Gasteiger partial charge >= 0.3 is 0 Å². The third-order valence-corrected chi connectivity index (χ3v) is 4.82. The van der Waals surface area contributed by atoms with Gasteiger partial charge in [0.05, 0.1) is 19.9 Å². The molecule has 0 bridgehead atoms. The Morgan fingerprint density at radius 2 is 1.90 bits per heavy atom. The second-order valence-electron chi connectivity index (χ2n) is 6.70. The molecule has 1 heterocycles. The summed E-state index contributed by atoms with van der Waals surface area (Å²) < 4.78 is 16.3. The molecule has 0 aliphatic carbocycles. The minimum absolute atomic E-state index is 0.0400. The molecule has 0 unspecified atom stereocenters. The predicted octanol–water partition coefficient (Wildman–Crippen LogP) is 2.57. The molecule has 0 fully saturated rings. The van der Waals surface area contributed by atoms with E-state index in [1.807, 2.05) is 43.3 Å². The van der Waals surface area contributed by atoms with E-state index in [2.05, 4.69) is 5.32 Å². The first-order valence-electron chi connectivity index (χ1n) is 9.62. The summed E-state index contributed by atoms with van der Waals surface area (Å²) in [5, 5.41) is 2.88. The molecule has 154 valence electrons. The highest BCUT2D eigenvalue weighted by Crippen LogP contribution is 2.34. The second kappa shape index (κ2) is 9.32. The number of anilines is 1. The van der Waals surface area contributed by atoms with Crippen LogP contribution < -0.4 is 24.4 Å². The summed E-state index contributed by atoms with van der Waals surface area (Å²) in [6.07, 6.45) is 0.617. The lowest BCUT2D eigenvalue weighted by atomic mass is 10.1. The summed E-state index contributed by atoms with van der Waals surface area (Å²) in [5.41, 5.74) is 1.64. The van der Waals surface area contributed by atoms with Crippen LogP contribution in [0.5, 0.6) is 17.2 Å². The van der Waals surface area contributed by atoms with Crippen molar-refractivity contribution in [2.24, 2.45) is 0 Å². The molecule has 3 rings (SSSR count). The zero-order chi connectivity index (χ0) is 20.8. The van der Waals surface area contributed by atoms with Crippen LogP contribution in [0.25, 0.3) is 0 Å². The number of carbonyl (C=O) groups is 2. The molecule has 0 spiro atoms. The first-order chi connectivity index (χ1) is 14.1. The van der Waals surface area contributed by atoms with Gasteiger partial charge in [0.2, 0.25) is 5.91 Å². The highest BCUT2D eigenvalue weighted by atomic mass is 16.5. The van der Waals surface area contributed by atoms with Crippen LogP contribution in [0.1, 0.15) is 18.9 Å². The predicted molar refractivity (Wildman–Crippen MR) is 110 cm³/mol. The fourth-order valence-corrected chi connectivity index (χ4v) is 3.28. The maximum atomic E-state index is 12.7. The maximum absolute atomic E-state index is 12.7. The number of benzene rings is 2. The van der Waals surface area contributed by atoms with Crippen LogP contribution in [0.3, 0.4) is 0 Å². The number of nitrogens with zero attached hydrogens (tertiary/aromatic N) is 1. The molecular weight excluding hydrogens is 372 g/mol. The molecule has 7 heteroatoms. The standard InChI is InChI=1S/C22H26N2O5/c1-4-17-22(26)24(16-7-5-6-8-18(16)29-17)14-21(25)23-12-11-15-9-10-19(27-2)20(13-15)28-3/h5-10,13,17H,4,11-12,14H2,1-3H3,(H,23,25)/t17-/m1/s1. The van der Waals surface area contributed by atoms with Gasteiger partial charge in [0, 0.05) is 6.54 Å². The van der Waals surface area contributed by atoms with Crippen LogP contribution in [0.4, 0.5) is 5.69 Å². The molecule has 2 aromatic carbocycles. The Bertz CT molecular complexity index is 883. The Labute approximate surface area is 170 Å². The monoisotopic (exact) mass is 398 g/mol. The topological polar surface area (TPSA) is 77.1 Å². The number of carbonyl (C=O) groups excluding carboxylic acids is 2. The summed E-state index contributed by atoms with van der Waals surface area (Å²) >= 11 is 0. The van der Waals surface area contributed by atoms with E-state index >= 15 is 0 Å². The fourth-order valence-electron chi connectivity index (χ4n) is 3.28. The largest absolute Gasteiger partial charge is 0.493 e. The van der Waals surface area contributed by atoms with Crippen LogP contribution in [-0.4, -0.2) is 45.2 Å². The quantitative estimate of drug-likeness (QED) is 0.740. The molecule has 2 amide bonds. The molecule has 0 radical (unpaired) electrons. The molecular formula is C22H26N2O5. The third-order valence-electron chi connectivity index (χ3n) is 4.82. The summed E-state index contributed by atoms with van der Waals surface area (Å²) in [5.74, 6) is 1.52. The van der Waals surface area contributed by atoms with E-state index in [-0.39, 0.29) is 18.4 Å². The van der Waals surface area contributed by atoms with Crippen molar-refractivity contribution < 1.29 is 23.8 Å². The lowest BCUT2D eigenvalue weighted by Gasteiger charge is -2.33. The Morgan fingerprint density at radius 3 is 2.62 bits per heavy atom. The van der Waals surface area contributed by atoms with Crippen LogP contribution >= 0.6 is 0 Å². The molecule has 2 aromatic rings. The first kappa shape index (κ1) is 20.5. The van der Waals surface area contributed by atoms with Crippen LogP contribution in [-0.2, 0) is 16.0 Å². The van der Waals surface area contributed by atoms with Crippen molar-refractivity contribution in [3.05, 3.63) is 48.0 Å². The Morgan fingerprint density at radius 1 is 1.14 bits per heavy atom. The van der Waals surface area contributed by atoms with Gasteiger partial charge in [-0.25, -0.2) is 0 Å². The zero-order valence-electron chi connectivity index (χ0n) is 16.9. The van der Waals surface area contributed by atoms with Crippen LogP contribution in [0, 0.1) is 0 Å². The van der Waals surface area contributed by atoms with E-state index in [4.69, 9.17) is 14.2 Å². The van der Waals surface area contributed by atoms with Crippen molar-refractivity contribution in [3.8, 4) is 17.2 Å². The van der Waals surface area contributed by atoms with Gasteiger partial charge in [-0.05, 0) is 42.7 Å². The summed E-state index contributed by atoms with van der Waals surface area (Å²) in [7, 11) is 3.18. The second-order valence-corrected chi connectivity index (χ2v) is 6.70. The summed E-state index contributed by atoms with van der Waals surface area (Å²) in [4.78, 5) is 26.7. The Balaban J connectivity index is 1.60. The lowest BCUT2D eigenvalue weighted by Crippen LogP contribution is -2.49. The van der Waals surface area contributed by atoms with Gasteiger partial charge in [-0.1, -0.05) is 25.1 Å². The summed E-state index contributed by atoms with van der Waals surface area (Å²) in [6.45, 7) is 2.30. The lowest BCUT2D eigenvalue weighted by molar-refractivity contribution is -0.129. The van der Waals surface area contributed by atoms with E-state index in [9.17, 15) is 9.59 Å². The number of para-hydroxylation sites is 2. The number of amides is 2. The minimum Gasteiger partial charge on any atom is -0.493 e. The van der Waals surface area contributed by atoms with Crippen LogP contribution in [0.2, 0.25) is 0 Å². The zero-order valence-corrected chi connectivity index (χ0v) is 16.9. The number of methoxy groups -OCH3 is 2. The highest BCUT2D eigenvalue weighted by molar-refractivity contribution is 6.03. The number of rotatable bonds is 8. The van der Waals surface area contributed by atoms with E-state index in [0.717, 1.165) is 5.56 Å². The Hall–Kier alpha value is -3.22. The molecule has 1 atom stereocenters. The van der Waals surface area contributed by atoms with Crippen molar-refractivity contribution in [3.63, 3.8) is 0 Å². The van der Waals surface area contributed by atoms with Crippen molar-refractivity contribution in [2.75, 3.05) is 32.2 Å². The smallest absolute Gasteiger partial charge is 0.268 e. The van der Waals surface area contributed by atoms with Crippen molar-refractivity contribution in [1.82, 2.24) is 5.32 Å². The molecule has 7 nitrogen and oxygen atoms in total. The molecule has 1 N–H and O–H groups in total. The number of fused-ring (bicyclic) bond motifs is 1. The maximum Gasteiger partial charge on any atom is 0.268 e. The molecule has 0 saturated heterocycles. The molecule has 29 heavy (non-hydrogen) atoms. The van der Waals surface area contributed by atoms with Gasteiger partial charge < -0.3 is 19.5 Å². The van der Waals surface area contributed by atoms with Crippen molar-refractivity contribution >= 4 is 17.5 Å². The number of nitrogens with one attached hydrogen (secondary N) is 1. The van der Waals surface area contributed by atoms with Crippen molar-refractivity contribution in [2.45, 2.75) is 25.9 Å². The van der Waals surface area contributed by atoms with Gasteiger partial charge in [-0.15, -0.1) is 0 Å². The number of ether oxygens (including phenoxy) is 3. The average molecular weight is 398 g/mol. The van der Waals surface area contributed by atoms with Gasteiger partial charge in [0.1, 0.15) is 12.3 Å². The fraction of sp³-hybridized carbons (Fsp3) is 0.364. The van der Waals surface area contributed by atoms with E-state index in [1.165, 1.54) is 4.90 Å². The molecule has 1 aliphatic heterocycles. The van der Waals surface area contributed by atoms with Gasteiger partial charge in [-0.2, -0.15) is 0 Å². The molecule has 1 aliphatic rings. The average Bonchev–Trinajstić information content (AvgIpc) is 2.75. The van der Waals surface area contributed by atoms with Gasteiger partial charge in [0.15, 0.2) is 17.6 Å². The van der Waals surface area contributed by atoms with Gasteiger partial charge in [-0.3, -0.25) is 14.5 Å². The third kappa shape index (κ3) is 4.62. The number of hydrogen-bond donors (Lipinski definition) is 1. The number of hydrogen-bond acceptors (Lipinski definition) is 5. The SMILES string of the molecule is CC[C@H]1Oc2ccccc2N(CC(=O)NCCc2ccc(OC)c(OC)c2)C1=O. The van der Waals surface area contributed by atoms with E-state index < -0.39 is 6.10 Å². The highest BCUT2D eigenvalue weighted by Gasteiger charge is 2.34. The molecule has 0 aromatic heterocycles. The first-order valence-corrected chi connectivity index (χ1v) is 9.62. The minimum atomic E-state index is -0.565. The summed E-state index contributed by atoms with van der Waals surface area (Å²) in [6, 6.07) is 12.9.